The Morgan fingerprint density at radius 3 is 2.32 bits per heavy atom. The summed E-state index contributed by atoms with van der Waals surface area (Å²) in [5.74, 6) is -0.622. The van der Waals surface area contributed by atoms with Crippen molar-refractivity contribution >= 4 is 21.6 Å². The lowest BCUT2D eigenvalue weighted by atomic mass is 9.98. The van der Waals surface area contributed by atoms with E-state index in [2.05, 4.69) is 0 Å². The van der Waals surface area contributed by atoms with Crippen LogP contribution in [-0.2, 0) is 19.6 Å². The summed E-state index contributed by atoms with van der Waals surface area (Å²) in [6.07, 6.45) is 0. The Morgan fingerprint density at radius 1 is 1.08 bits per heavy atom. The fourth-order valence-corrected chi connectivity index (χ4v) is 4.15. The third-order valence-corrected chi connectivity index (χ3v) is 5.80. The van der Waals surface area contributed by atoms with E-state index in [1.807, 2.05) is 37.3 Å². The predicted octanol–water partition coefficient (Wildman–Crippen LogP) is 2.97. The minimum Gasteiger partial charge on any atom is -0.461 e. The quantitative estimate of drug-likeness (QED) is 0.772. The average molecular weight is 357 g/mol. The molecule has 0 saturated carbocycles. The van der Waals surface area contributed by atoms with Crippen molar-refractivity contribution in [2.75, 3.05) is 13.2 Å². The van der Waals surface area contributed by atoms with Crippen LogP contribution in [0.3, 0.4) is 0 Å². The number of ether oxygens (including phenoxy) is 1. The third kappa shape index (κ3) is 3.17. The molecule has 0 N–H and O–H groups in total. The van der Waals surface area contributed by atoms with E-state index >= 15 is 0 Å². The number of hydrogen-bond donors (Lipinski definition) is 0. The highest BCUT2D eigenvalue weighted by atomic mass is 32.2. The largest absolute Gasteiger partial charge is 0.461 e. The van der Waals surface area contributed by atoms with Crippen LogP contribution in [0.4, 0.5) is 0 Å². The SMILES string of the molecule is CCOC(=O)C1=C(c2ccccc2)CN1S(=O)(=O)c1ccc(C)cc1. The Labute approximate surface area is 147 Å². The summed E-state index contributed by atoms with van der Waals surface area (Å²) in [6, 6.07) is 15.8. The van der Waals surface area contributed by atoms with E-state index in [0.29, 0.717) is 5.57 Å². The second-order valence-corrected chi connectivity index (χ2v) is 7.60. The molecule has 0 bridgehead atoms. The lowest BCUT2D eigenvalue weighted by Gasteiger charge is -2.36. The van der Waals surface area contributed by atoms with Crippen molar-refractivity contribution in [2.45, 2.75) is 18.7 Å². The molecule has 0 unspecified atom stereocenters. The van der Waals surface area contributed by atoms with Crippen molar-refractivity contribution in [2.24, 2.45) is 0 Å². The number of sulfonamides is 1. The fraction of sp³-hybridized carbons (Fsp3) is 0.211. The van der Waals surface area contributed by atoms with Gasteiger partial charge in [-0.3, -0.25) is 4.31 Å². The first-order chi connectivity index (χ1) is 11.9. The van der Waals surface area contributed by atoms with E-state index in [-0.39, 0.29) is 23.7 Å². The van der Waals surface area contributed by atoms with Crippen molar-refractivity contribution < 1.29 is 17.9 Å². The molecule has 0 atom stereocenters. The molecule has 1 aliphatic rings. The van der Waals surface area contributed by atoms with Gasteiger partial charge in [0.15, 0.2) is 0 Å². The van der Waals surface area contributed by atoms with Gasteiger partial charge in [-0.25, -0.2) is 13.2 Å². The first-order valence-electron chi connectivity index (χ1n) is 8.00. The zero-order valence-electron chi connectivity index (χ0n) is 14.1. The van der Waals surface area contributed by atoms with Crippen molar-refractivity contribution in [1.82, 2.24) is 4.31 Å². The first-order valence-corrected chi connectivity index (χ1v) is 9.44. The Bertz CT molecular complexity index is 916. The summed E-state index contributed by atoms with van der Waals surface area (Å²) >= 11 is 0. The van der Waals surface area contributed by atoms with Gasteiger partial charge in [-0.15, -0.1) is 0 Å². The van der Waals surface area contributed by atoms with Crippen molar-refractivity contribution in [3.05, 3.63) is 71.4 Å². The van der Waals surface area contributed by atoms with Crippen LogP contribution in [0.2, 0.25) is 0 Å². The van der Waals surface area contributed by atoms with E-state index < -0.39 is 16.0 Å². The van der Waals surface area contributed by atoms with Crippen LogP contribution in [0.1, 0.15) is 18.1 Å². The average Bonchev–Trinajstić information content (AvgIpc) is 2.55. The van der Waals surface area contributed by atoms with E-state index in [4.69, 9.17) is 4.74 Å². The summed E-state index contributed by atoms with van der Waals surface area (Å²) in [7, 11) is -3.80. The molecular weight excluding hydrogens is 338 g/mol. The highest BCUT2D eigenvalue weighted by Gasteiger charge is 2.41. The second-order valence-electron chi connectivity index (χ2n) is 5.74. The van der Waals surface area contributed by atoms with E-state index in [0.717, 1.165) is 15.4 Å². The lowest BCUT2D eigenvalue weighted by Crippen LogP contribution is -2.44. The zero-order valence-corrected chi connectivity index (χ0v) is 14.9. The summed E-state index contributed by atoms with van der Waals surface area (Å²) in [5, 5.41) is 0. The van der Waals surface area contributed by atoms with Crippen molar-refractivity contribution in [3.8, 4) is 0 Å². The minimum atomic E-state index is -3.80. The molecule has 5 nitrogen and oxygen atoms in total. The second kappa shape index (κ2) is 6.72. The molecule has 0 spiro atoms. The van der Waals surface area contributed by atoms with Gasteiger partial charge >= 0.3 is 5.97 Å². The Morgan fingerprint density at radius 2 is 1.72 bits per heavy atom. The number of aryl methyl sites for hydroxylation is 1. The zero-order chi connectivity index (χ0) is 18.0. The van der Waals surface area contributed by atoms with Gasteiger partial charge in [-0.1, -0.05) is 48.0 Å². The molecule has 0 radical (unpaired) electrons. The number of esters is 1. The van der Waals surface area contributed by atoms with Gasteiger partial charge in [0.25, 0.3) is 10.0 Å². The number of nitrogens with zero attached hydrogens (tertiary/aromatic N) is 1. The third-order valence-electron chi connectivity index (χ3n) is 4.04. The van der Waals surface area contributed by atoms with E-state index in [9.17, 15) is 13.2 Å². The molecule has 130 valence electrons. The highest BCUT2D eigenvalue weighted by molar-refractivity contribution is 7.89. The van der Waals surface area contributed by atoms with Crippen LogP contribution >= 0.6 is 0 Å². The van der Waals surface area contributed by atoms with Gasteiger partial charge in [0, 0.05) is 5.57 Å². The van der Waals surface area contributed by atoms with Crippen LogP contribution in [0.25, 0.3) is 5.57 Å². The van der Waals surface area contributed by atoms with Crippen LogP contribution in [0.5, 0.6) is 0 Å². The lowest BCUT2D eigenvalue weighted by molar-refractivity contribution is -0.140. The van der Waals surface area contributed by atoms with Crippen LogP contribution in [0, 0.1) is 6.92 Å². The number of carbonyl (C=O) groups is 1. The molecule has 6 heteroatoms. The highest BCUT2D eigenvalue weighted by Crippen LogP contribution is 2.37. The molecule has 0 fully saturated rings. The van der Waals surface area contributed by atoms with Crippen molar-refractivity contribution in [1.29, 1.82) is 0 Å². The number of carbonyl (C=O) groups excluding carboxylic acids is 1. The van der Waals surface area contributed by atoms with Gasteiger partial charge < -0.3 is 4.74 Å². The predicted molar refractivity (Wildman–Crippen MR) is 95.1 cm³/mol. The molecular formula is C19H19NO4S. The fourth-order valence-electron chi connectivity index (χ4n) is 2.69. The maximum Gasteiger partial charge on any atom is 0.356 e. The summed E-state index contributed by atoms with van der Waals surface area (Å²) in [4.78, 5) is 12.5. The normalized spacial score (nSPS) is 14.2. The smallest absolute Gasteiger partial charge is 0.356 e. The molecule has 3 rings (SSSR count). The van der Waals surface area contributed by atoms with Gasteiger partial charge in [-0.2, -0.15) is 0 Å². The summed E-state index contributed by atoms with van der Waals surface area (Å²) < 4.78 is 32.0. The number of rotatable bonds is 5. The van der Waals surface area contributed by atoms with E-state index in [1.165, 1.54) is 0 Å². The maximum atomic E-state index is 12.9. The molecule has 25 heavy (non-hydrogen) atoms. The Kier molecular flexibility index (Phi) is 4.63. The molecule has 0 aliphatic carbocycles. The molecule has 0 amide bonds. The molecule has 2 aromatic rings. The van der Waals surface area contributed by atoms with Crippen LogP contribution in [-0.4, -0.2) is 31.8 Å². The van der Waals surface area contributed by atoms with Crippen molar-refractivity contribution in [3.63, 3.8) is 0 Å². The standard InChI is InChI=1S/C19H19NO4S/c1-3-24-19(21)18-17(15-7-5-4-6-8-15)13-20(18)25(22,23)16-11-9-14(2)10-12-16/h4-12H,3,13H2,1-2H3. The topological polar surface area (TPSA) is 63.7 Å². The first kappa shape index (κ1) is 17.2. The molecule has 0 saturated heterocycles. The molecule has 0 aromatic heterocycles. The number of hydrogen-bond acceptors (Lipinski definition) is 4. The van der Waals surface area contributed by atoms with Gasteiger partial charge in [0.2, 0.25) is 0 Å². The van der Waals surface area contributed by atoms with Gasteiger partial charge in [0.05, 0.1) is 18.0 Å². The summed E-state index contributed by atoms with van der Waals surface area (Å²) in [6.45, 7) is 3.91. The monoisotopic (exact) mass is 357 g/mol. The van der Waals surface area contributed by atoms with Crippen LogP contribution < -0.4 is 0 Å². The molecule has 2 aromatic carbocycles. The maximum absolute atomic E-state index is 12.9. The Balaban J connectivity index is 2.04. The Hall–Kier alpha value is -2.60. The minimum absolute atomic E-state index is 0.0913. The van der Waals surface area contributed by atoms with E-state index in [1.54, 1.807) is 31.2 Å². The van der Waals surface area contributed by atoms with Gasteiger partial charge in [-0.05, 0) is 31.5 Å². The molecule has 1 heterocycles. The summed E-state index contributed by atoms with van der Waals surface area (Å²) in [5.41, 5.74) is 2.55. The molecule has 1 aliphatic heterocycles. The number of benzene rings is 2. The van der Waals surface area contributed by atoms with Gasteiger partial charge in [0.1, 0.15) is 5.70 Å². The van der Waals surface area contributed by atoms with Crippen LogP contribution in [0.15, 0.2) is 65.2 Å².